The van der Waals surface area contributed by atoms with E-state index in [9.17, 15) is 18.9 Å². The van der Waals surface area contributed by atoms with Crippen LogP contribution < -0.4 is 5.32 Å². The molecule has 0 aliphatic carbocycles. The minimum Gasteiger partial charge on any atom is -0.371 e. The molecule has 1 unspecified atom stereocenters. The van der Waals surface area contributed by atoms with Crippen molar-refractivity contribution >= 4 is 23.0 Å². The fourth-order valence-electron chi connectivity index (χ4n) is 1.09. The molecule has 0 radical (unpaired) electrons. The van der Waals surface area contributed by atoms with Gasteiger partial charge in [-0.3, -0.25) is 10.1 Å². The van der Waals surface area contributed by atoms with Crippen molar-refractivity contribution in [1.82, 2.24) is 0 Å². The Bertz CT molecular complexity index is 401. The monoisotopic (exact) mass is 250 g/mol. The summed E-state index contributed by atoms with van der Waals surface area (Å²) in [7, 11) is 0. The van der Waals surface area contributed by atoms with E-state index in [1.807, 2.05) is 0 Å². The molecule has 1 aromatic carbocycles. The standard InChI is InChI=1S/C9H9ClF2N2O2/c1-5(9(11)12)13-7-3-2-6(10)4-8(7)14(15)16/h2-5,9,13H,1H3. The molecule has 0 aliphatic rings. The Morgan fingerprint density at radius 2 is 2.12 bits per heavy atom. The molecule has 4 nitrogen and oxygen atoms in total. The number of halogens is 3. The normalized spacial score (nSPS) is 12.6. The lowest BCUT2D eigenvalue weighted by atomic mass is 10.2. The molecule has 7 heteroatoms. The lowest BCUT2D eigenvalue weighted by Crippen LogP contribution is -2.24. The van der Waals surface area contributed by atoms with Crippen LogP contribution in [0, 0.1) is 10.1 Å². The van der Waals surface area contributed by atoms with Crippen LogP contribution in [-0.2, 0) is 0 Å². The van der Waals surface area contributed by atoms with Crippen molar-refractivity contribution in [3.8, 4) is 0 Å². The SMILES string of the molecule is CC(Nc1ccc(Cl)cc1[N+](=O)[O-])C(F)F. The number of benzene rings is 1. The molecular formula is C9H9ClF2N2O2. The first kappa shape index (κ1) is 12.6. The third-order valence-electron chi connectivity index (χ3n) is 1.92. The summed E-state index contributed by atoms with van der Waals surface area (Å²) in [4.78, 5) is 9.97. The molecule has 0 aromatic heterocycles. The second-order valence-corrected chi connectivity index (χ2v) is 3.62. The van der Waals surface area contributed by atoms with Gasteiger partial charge in [0.05, 0.1) is 11.0 Å². The number of anilines is 1. The molecule has 0 saturated carbocycles. The van der Waals surface area contributed by atoms with Gasteiger partial charge in [0.1, 0.15) is 5.69 Å². The smallest absolute Gasteiger partial charge is 0.293 e. The fourth-order valence-corrected chi connectivity index (χ4v) is 1.25. The van der Waals surface area contributed by atoms with E-state index in [1.165, 1.54) is 19.1 Å². The zero-order chi connectivity index (χ0) is 12.3. The Labute approximate surface area is 95.4 Å². The largest absolute Gasteiger partial charge is 0.371 e. The number of hydrogen-bond donors (Lipinski definition) is 1. The van der Waals surface area contributed by atoms with E-state index < -0.39 is 17.4 Å². The Morgan fingerprint density at radius 1 is 1.50 bits per heavy atom. The number of nitrogens with zero attached hydrogens (tertiary/aromatic N) is 1. The minimum atomic E-state index is -2.60. The first-order valence-corrected chi connectivity index (χ1v) is 4.78. The van der Waals surface area contributed by atoms with E-state index in [0.717, 1.165) is 6.07 Å². The number of nitrogens with one attached hydrogen (secondary N) is 1. The summed E-state index contributed by atoms with van der Waals surface area (Å²) in [5.74, 6) is 0. The molecule has 0 spiro atoms. The molecule has 16 heavy (non-hydrogen) atoms. The molecule has 0 heterocycles. The predicted molar refractivity (Wildman–Crippen MR) is 57.2 cm³/mol. The van der Waals surface area contributed by atoms with Crippen LogP contribution in [0.1, 0.15) is 6.92 Å². The molecule has 0 bridgehead atoms. The van der Waals surface area contributed by atoms with Gasteiger partial charge < -0.3 is 5.32 Å². The van der Waals surface area contributed by atoms with Gasteiger partial charge in [-0.05, 0) is 19.1 Å². The van der Waals surface area contributed by atoms with Crippen molar-refractivity contribution in [2.45, 2.75) is 19.4 Å². The highest BCUT2D eigenvalue weighted by molar-refractivity contribution is 6.30. The quantitative estimate of drug-likeness (QED) is 0.659. The van der Waals surface area contributed by atoms with Crippen LogP contribution in [-0.4, -0.2) is 17.4 Å². The van der Waals surface area contributed by atoms with E-state index >= 15 is 0 Å². The van der Waals surface area contributed by atoms with E-state index in [1.54, 1.807) is 0 Å². The lowest BCUT2D eigenvalue weighted by molar-refractivity contribution is -0.384. The number of alkyl halides is 2. The van der Waals surface area contributed by atoms with Crippen molar-refractivity contribution in [2.24, 2.45) is 0 Å². The molecule has 0 saturated heterocycles. The van der Waals surface area contributed by atoms with Gasteiger partial charge in [0.25, 0.3) is 12.1 Å². The number of nitro benzene ring substituents is 1. The molecule has 1 N–H and O–H groups in total. The van der Waals surface area contributed by atoms with Crippen LogP contribution in [0.4, 0.5) is 20.2 Å². The first-order valence-electron chi connectivity index (χ1n) is 4.40. The summed E-state index contributed by atoms with van der Waals surface area (Å²) in [6, 6.07) is 2.65. The topological polar surface area (TPSA) is 55.2 Å². The zero-order valence-electron chi connectivity index (χ0n) is 8.28. The maximum atomic E-state index is 12.3. The minimum absolute atomic E-state index is 0.0298. The molecule has 0 amide bonds. The van der Waals surface area contributed by atoms with Crippen LogP contribution in [0.3, 0.4) is 0 Å². The highest BCUT2D eigenvalue weighted by Crippen LogP contribution is 2.28. The van der Waals surface area contributed by atoms with Crippen molar-refractivity contribution in [2.75, 3.05) is 5.32 Å². The van der Waals surface area contributed by atoms with E-state index in [0.29, 0.717) is 0 Å². The van der Waals surface area contributed by atoms with Crippen LogP contribution in [0.2, 0.25) is 5.02 Å². The summed E-state index contributed by atoms with van der Waals surface area (Å²) in [6.45, 7) is 1.24. The molecular weight excluding hydrogens is 242 g/mol. The van der Waals surface area contributed by atoms with Gasteiger partial charge in [-0.1, -0.05) is 11.6 Å². The van der Waals surface area contributed by atoms with Gasteiger partial charge in [-0.15, -0.1) is 0 Å². The van der Waals surface area contributed by atoms with Crippen molar-refractivity contribution in [3.05, 3.63) is 33.3 Å². The molecule has 0 fully saturated rings. The summed E-state index contributed by atoms with van der Waals surface area (Å²) < 4.78 is 24.5. The van der Waals surface area contributed by atoms with Crippen LogP contribution in [0.25, 0.3) is 0 Å². The Morgan fingerprint density at radius 3 is 2.62 bits per heavy atom. The zero-order valence-corrected chi connectivity index (χ0v) is 9.04. The van der Waals surface area contributed by atoms with Gasteiger partial charge >= 0.3 is 0 Å². The van der Waals surface area contributed by atoms with Gasteiger partial charge in [-0.2, -0.15) is 0 Å². The second-order valence-electron chi connectivity index (χ2n) is 3.19. The van der Waals surface area contributed by atoms with Gasteiger partial charge in [-0.25, -0.2) is 8.78 Å². The van der Waals surface area contributed by atoms with Gasteiger partial charge in [0.2, 0.25) is 0 Å². The highest BCUT2D eigenvalue weighted by atomic mass is 35.5. The third-order valence-corrected chi connectivity index (χ3v) is 2.15. The first-order chi connectivity index (χ1) is 7.41. The Balaban J connectivity index is 2.99. The number of rotatable bonds is 4. The van der Waals surface area contributed by atoms with Gasteiger partial charge in [0, 0.05) is 11.1 Å². The predicted octanol–water partition coefficient (Wildman–Crippen LogP) is 3.31. The van der Waals surface area contributed by atoms with Gasteiger partial charge in [0.15, 0.2) is 0 Å². The summed E-state index contributed by atoms with van der Waals surface area (Å²) in [5, 5.41) is 13.2. The summed E-state index contributed by atoms with van der Waals surface area (Å²) in [6.07, 6.45) is -2.60. The Hall–Kier alpha value is -1.43. The highest BCUT2D eigenvalue weighted by Gasteiger charge is 2.20. The van der Waals surface area contributed by atoms with E-state index in [2.05, 4.69) is 5.32 Å². The van der Waals surface area contributed by atoms with E-state index in [-0.39, 0.29) is 16.4 Å². The maximum absolute atomic E-state index is 12.3. The lowest BCUT2D eigenvalue weighted by Gasteiger charge is -2.14. The maximum Gasteiger partial charge on any atom is 0.293 e. The number of hydrogen-bond acceptors (Lipinski definition) is 3. The average molecular weight is 251 g/mol. The molecule has 1 aromatic rings. The fraction of sp³-hybridized carbons (Fsp3) is 0.333. The van der Waals surface area contributed by atoms with Crippen molar-refractivity contribution < 1.29 is 13.7 Å². The third kappa shape index (κ3) is 3.03. The average Bonchev–Trinajstić information content (AvgIpc) is 2.20. The second kappa shape index (κ2) is 5.07. The van der Waals surface area contributed by atoms with Crippen LogP contribution in [0.15, 0.2) is 18.2 Å². The van der Waals surface area contributed by atoms with Crippen LogP contribution in [0.5, 0.6) is 0 Å². The van der Waals surface area contributed by atoms with Crippen molar-refractivity contribution in [3.63, 3.8) is 0 Å². The van der Waals surface area contributed by atoms with E-state index in [4.69, 9.17) is 11.6 Å². The summed E-state index contributed by atoms with van der Waals surface area (Å²) >= 11 is 5.58. The van der Waals surface area contributed by atoms with Crippen molar-refractivity contribution in [1.29, 1.82) is 0 Å². The Kier molecular flexibility index (Phi) is 4.00. The molecule has 1 rings (SSSR count). The summed E-state index contributed by atoms with van der Waals surface area (Å²) in [5.41, 5.74) is -0.290. The molecule has 1 atom stereocenters. The molecule has 88 valence electrons. The van der Waals surface area contributed by atoms with Crippen LogP contribution >= 0.6 is 11.6 Å². The number of nitro groups is 1. The molecule has 0 aliphatic heterocycles.